The quantitative estimate of drug-likeness (QED) is 0.571. The van der Waals surface area contributed by atoms with Crippen molar-refractivity contribution in [2.24, 2.45) is 0 Å². The second-order valence-electron chi connectivity index (χ2n) is 3.98. The summed E-state index contributed by atoms with van der Waals surface area (Å²) in [5.74, 6) is 0.606. The number of aromatic nitrogens is 2. The van der Waals surface area contributed by atoms with Crippen molar-refractivity contribution in [3.05, 3.63) is 43.0 Å². The van der Waals surface area contributed by atoms with Crippen molar-refractivity contribution in [3.8, 4) is 11.4 Å². The van der Waals surface area contributed by atoms with Crippen LogP contribution in [-0.2, 0) is 6.42 Å². The third kappa shape index (κ3) is 3.48. The van der Waals surface area contributed by atoms with Gasteiger partial charge in [-0.15, -0.1) is 0 Å². The normalized spacial score (nSPS) is 10.8. The van der Waals surface area contributed by atoms with Gasteiger partial charge in [0.1, 0.15) is 5.15 Å². The standard InChI is InChI=1S/C13H10Br2Cl2N2/c1-2-3-10-11(15)12(17)19-13(18-10)7-4-5-9(16)8(14)6-7/h4-6H,2-3H2,1H3. The topological polar surface area (TPSA) is 25.8 Å². The van der Waals surface area contributed by atoms with E-state index in [1.807, 2.05) is 12.1 Å². The van der Waals surface area contributed by atoms with Gasteiger partial charge in [-0.2, -0.15) is 0 Å². The van der Waals surface area contributed by atoms with Crippen LogP contribution < -0.4 is 0 Å². The number of rotatable bonds is 3. The Morgan fingerprint density at radius 3 is 2.53 bits per heavy atom. The van der Waals surface area contributed by atoms with E-state index in [1.54, 1.807) is 6.07 Å². The molecule has 0 N–H and O–H groups in total. The summed E-state index contributed by atoms with van der Waals surface area (Å²) in [5.41, 5.74) is 1.80. The van der Waals surface area contributed by atoms with Crippen molar-refractivity contribution < 1.29 is 0 Å². The van der Waals surface area contributed by atoms with Crippen molar-refractivity contribution >= 4 is 55.1 Å². The van der Waals surface area contributed by atoms with E-state index in [0.717, 1.165) is 33.0 Å². The Morgan fingerprint density at radius 1 is 1.16 bits per heavy atom. The Balaban J connectivity index is 2.52. The van der Waals surface area contributed by atoms with Gasteiger partial charge in [-0.3, -0.25) is 0 Å². The minimum Gasteiger partial charge on any atom is -0.232 e. The third-order valence-electron chi connectivity index (χ3n) is 2.54. The van der Waals surface area contributed by atoms with Crippen LogP contribution >= 0.6 is 55.1 Å². The monoisotopic (exact) mass is 422 g/mol. The van der Waals surface area contributed by atoms with Crippen LogP contribution in [0.5, 0.6) is 0 Å². The molecule has 6 heteroatoms. The zero-order chi connectivity index (χ0) is 14.0. The largest absolute Gasteiger partial charge is 0.232 e. The van der Waals surface area contributed by atoms with Crippen LogP contribution in [-0.4, -0.2) is 9.97 Å². The van der Waals surface area contributed by atoms with Crippen LogP contribution in [0.15, 0.2) is 27.1 Å². The van der Waals surface area contributed by atoms with E-state index in [9.17, 15) is 0 Å². The summed E-state index contributed by atoms with van der Waals surface area (Å²) in [6.07, 6.45) is 1.85. The lowest BCUT2D eigenvalue weighted by molar-refractivity contribution is 0.868. The minimum atomic E-state index is 0.430. The molecule has 0 radical (unpaired) electrons. The second-order valence-corrected chi connectivity index (χ2v) is 6.39. The molecule has 1 aromatic carbocycles. The molecule has 0 amide bonds. The van der Waals surface area contributed by atoms with Crippen molar-refractivity contribution in [3.63, 3.8) is 0 Å². The van der Waals surface area contributed by atoms with Gasteiger partial charge >= 0.3 is 0 Å². The van der Waals surface area contributed by atoms with E-state index >= 15 is 0 Å². The Bertz CT molecular complexity index is 618. The van der Waals surface area contributed by atoms with Crippen LogP contribution in [0.25, 0.3) is 11.4 Å². The molecule has 2 aromatic rings. The Hall–Kier alpha value is -0.160. The van der Waals surface area contributed by atoms with Gasteiger partial charge in [0.2, 0.25) is 0 Å². The first-order chi connectivity index (χ1) is 9.02. The summed E-state index contributed by atoms with van der Waals surface area (Å²) < 4.78 is 1.58. The average Bonchev–Trinajstić information content (AvgIpc) is 2.38. The molecule has 0 atom stereocenters. The maximum Gasteiger partial charge on any atom is 0.161 e. The van der Waals surface area contributed by atoms with E-state index < -0.39 is 0 Å². The van der Waals surface area contributed by atoms with Gasteiger partial charge in [0, 0.05) is 10.0 Å². The zero-order valence-corrected chi connectivity index (χ0v) is 14.7. The van der Waals surface area contributed by atoms with E-state index in [4.69, 9.17) is 23.2 Å². The summed E-state index contributed by atoms with van der Waals surface area (Å²) in [6.45, 7) is 2.10. The molecule has 0 aliphatic heterocycles. The molecular formula is C13H10Br2Cl2N2. The summed E-state index contributed by atoms with van der Waals surface area (Å²) >= 11 is 18.9. The van der Waals surface area contributed by atoms with Gasteiger partial charge in [0.15, 0.2) is 5.82 Å². The molecule has 0 saturated heterocycles. The highest BCUT2D eigenvalue weighted by atomic mass is 79.9. The lowest BCUT2D eigenvalue weighted by atomic mass is 10.2. The molecule has 0 spiro atoms. The van der Waals surface area contributed by atoms with Gasteiger partial charge < -0.3 is 0 Å². The van der Waals surface area contributed by atoms with Crippen LogP contribution in [0.3, 0.4) is 0 Å². The van der Waals surface area contributed by atoms with Gasteiger partial charge in [0.05, 0.1) is 15.2 Å². The fourth-order valence-corrected chi connectivity index (χ4v) is 2.69. The predicted molar refractivity (Wildman–Crippen MR) is 86.9 cm³/mol. The molecule has 1 heterocycles. The highest BCUT2D eigenvalue weighted by Gasteiger charge is 2.12. The molecule has 0 aliphatic rings. The maximum atomic E-state index is 6.14. The molecule has 0 aliphatic carbocycles. The molecule has 19 heavy (non-hydrogen) atoms. The predicted octanol–water partition coefficient (Wildman–Crippen LogP) is 5.93. The molecule has 0 saturated carbocycles. The van der Waals surface area contributed by atoms with Crippen molar-refractivity contribution in [1.82, 2.24) is 9.97 Å². The van der Waals surface area contributed by atoms with E-state index in [2.05, 4.69) is 48.8 Å². The summed E-state index contributed by atoms with van der Waals surface area (Å²) in [7, 11) is 0. The summed E-state index contributed by atoms with van der Waals surface area (Å²) in [4.78, 5) is 8.86. The Morgan fingerprint density at radius 2 is 1.89 bits per heavy atom. The highest BCUT2D eigenvalue weighted by Crippen LogP contribution is 2.31. The minimum absolute atomic E-state index is 0.430. The third-order valence-corrected chi connectivity index (χ3v) is 5.09. The van der Waals surface area contributed by atoms with E-state index in [-0.39, 0.29) is 0 Å². The number of aryl methyl sites for hydroxylation is 1. The second kappa shape index (κ2) is 6.53. The average molecular weight is 425 g/mol. The van der Waals surface area contributed by atoms with Crippen molar-refractivity contribution in [1.29, 1.82) is 0 Å². The summed E-state index contributed by atoms with van der Waals surface area (Å²) in [6, 6.07) is 5.57. The van der Waals surface area contributed by atoms with Crippen LogP contribution in [0, 0.1) is 0 Å². The molecular weight excluding hydrogens is 415 g/mol. The number of benzene rings is 1. The Labute approximate surface area is 138 Å². The fourth-order valence-electron chi connectivity index (χ4n) is 1.63. The maximum absolute atomic E-state index is 6.14. The summed E-state index contributed by atoms with van der Waals surface area (Å²) in [5, 5.41) is 1.08. The number of hydrogen-bond acceptors (Lipinski definition) is 2. The first-order valence-electron chi connectivity index (χ1n) is 5.70. The van der Waals surface area contributed by atoms with E-state index in [1.165, 1.54) is 0 Å². The zero-order valence-electron chi connectivity index (χ0n) is 10.1. The first-order valence-corrected chi connectivity index (χ1v) is 8.04. The first kappa shape index (κ1) is 15.2. The van der Waals surface area contributed by atoms with Crippen LogP contribution in [0.1, 0.15) is 19.0 Å². The lowest BCUT2D eigenvalue weighted by Gasteiger charge is -2.08. The lowest BCUT2D eigenvalue weighted by Crippen LogP contribution is -1.98. The smallest absolute Gasteiger partial charge is 0.161 e. The van der Waals surface area contributed by atoms with E-state index in [0.29, 0.717) is 16.0 Å². The van der Waals surface area contributed by atoms with Crippen LogP contribution in [0.4, 0.5) is 0 Å². The van der Waals surface area contributed by atoms with Gasteiger partial charge in [-0.25, -0.2) is 9.97 Å². The number of nitrogens with zero attached hydrogens (tertiary/aromatic N) is 2. The Kier molecular flexibility index (Phi) is 5.23. The fraction of sp³-hybridized carbons (Fsp3) is 0.231. The van der Waals surface area contributed by atoms with Gasteiger partial charge in [0.25, 0.3) is 0 Å². The van der Waals surface area contributed by atoms with Crippen molar-refractivity contribution in [2.75, 3.05) is 0 Å². The van der Waals surface area contributed by atoms with Gasteiger partial charge in [-0.1, -0.05) is 36.5 Å². The molecule has 0 unspecified atom stereocenters. The SMILES string of the molecule is CCCc1nc(-c2ccc(Cl)c(Br)c2)nc(Cl)c1Br. The molecule has 0 fully saturated rings. The van der Waals surface area contributed by atoms with Gasteiger partial charge in [-0.05, 0) is 56.5 Å². The molecule has 0 bridgehead atoms. The molecule has 100 valence electrons. The van der Waals surface area contributed by atoms with Crippen molar-refractivity contribution in [2.45, 2.75) is 19.8 Å². The van der Waals surface area contributed by atoms with Crippen LogP contribution in [0.2, 0.25) is 10.2 Å². The molecule has 2 nitrogen and oxygen atoms in total. The number of hydrogen-bond donors (Lipinski definition) is 0. The highest BCUT2D eigenvalue weighted by molar-refractivity contribution is 9.11. The molecule has 2 rings (SSSR count). The number of halogens is 4. The molecule has 1 aromatic heterocycles.